The van der Waals surface area contributed by atoms with Crippen LogP contribution in [-0.4, -0.2) is 59.7 Å². The summed E-state index contributed by atoms with van der Waals surface area (Å²) in [5, 5.41) is 4.23. The normalized spacial score (nSPS) is 18.3. The molecule has 1 N–H and O–H groups in total. The van der Waals surface area contributed by atoms with E-state index in [0.29, 0.717) is 44.4 Å². The Hall–Kier alpha value is -3.32. The maximum absolute atomic E-state index is 13.5. The number of amides is 2. The van der Waals surface area contributed by atoms with Crippen molar-refractivity contribution in [3.63, 3.8) is 0 Å². The lowest BCUT2D eigenvalue weighted by Crippen LogP contribution is -2.57. The molecule has 0 bridgehead atoms. The molecule has 2 fully saturated rings. The lowest BCUT2D eigenvalue weighted by molar-refractivity contribution is -0.140. The highest BCUT2D eigenvalue weighted by molar-refractivity contribution is 6.03. The van der Waals surface area contributed by atoms with Gasteiger partial charge in [0.05, 0.1) is 25.5 Å². The summed E-state index contributed by atoms with van der Waals surface area (Å²) in [4.78, 5) is 28.4. The van der Waals surface area contributed by atoms with Crippen molar-refractivity contribution < 1.29 is 19.1 Å². The van der Waals surface area contributed by atoms with Crippen LogP contribution in [0.25, 0.3) is 22.2 Å². The third-order valence-electron chi connectivity index (χ3n) is 8.35. The molecule has 3 aliphatic rings. The summed E-state index contributed by atoms with van der Waals surface area (Å²) in [5.74, 6) is 1.10. The highest BCUT2D eigenvalue weighted by Crippen LogP contribution is 2.47. The molecule has 1 saturated heterocycles. The average Bonchev–Trinajstić information content (AvgIpc) is 3.14. The second-order valence-electron chi connectivity index (χ2n) is 11.3. The monoisotopic (exact) mass is 515 g/mol. The topological polar surface area (TPSA) is 72.8 Å². The molecule has 3 aromatic rings. The Balaban J connectivity index is 1.39. The van der Waals surface area contributed by atoms with Crippen molar-refractivity contribution in [2.75, 3.05) is 32.9 Å². The number of carbonyl (C=O) groups excluding carboxylic acids is 2. The van der Waals surface area contributed by atoms with E-state index < -0.39 is 5.54 Å². The van der Waals surface area contributed by atoms with Gasteiger partial charge in [0.25, 0.3) is 5.91 Å². The first-order chi connectivity index (χ1) is 18.4. The molecular weight excluding hydrogens is 478 g/mol. The zero-order valence-corrected chi connectivity index (χ0v) is 22.4. The van der Waals surface area contributed by atoms with Gasteiger partial charge in [-0.2, -0.15) is 0 Å². The van der Waals surface area contributed by atoms with Gasteiger partial charge in [-0.1, -0.05) is 37.5 Å². The van der Waals surface area contributed by atoms with Gasteiger partial charge in [0.2, 0.25) is 5.91 Å². The van der Waals surface area contributed by atoms with Crippen LogP contribution in [0.4, 0.5) is 0 Å². The number of benzene rings is 2. The van der Waals surface area contributed by atoms with E-state index in [1.54, 1.807) is 18.7 Å². The first-order valence-corrected chi connectivity index (χ1v) is 14.0. The van der Waals surface area contributed by atoms with Gasteiger partial charge in [0.15, 0.2) is 0 Å². The van der Waals surface area contributed by atoms with Crippen LogP contribution in [0, 0.1) is 0 Å². The maximum atomic E-state index is 13.5. The molecule has 0 radical (unpaired) electrons. The van der Waals surface area contributed by atoms with Crippen molar-refractivity contribution >= 4 is 22.7 Å². The second kappa shape index (κ2) is 10.1. The van der Waals surface area contributed by atoms with Gasteiger partial charge in [0.1, 0.15) is 17.9 Å². The van der Waals surface area contributed by atoms with Crippen LogP contribution < -0.4 is 10.1 Å². The van der Waals surface area contributed by atoms with Crippen LogP contribution in [0.15, 0.2) is 42.5 Å². The fourth-order valence-electron chi connectivity index (χ4n) is 6.45. The van der Waals surface area contributed by atoms with Gasteiger partial charge in [-0.25, -0.2) is 0 Å². The molecule has 0 unspecified atom stereocenters. The third kappa shape index (κ3) is 4.47. The van der Waals surface area contributed by atoms with E-state index in [0.717, 1.165) is 23.4 Å². The number of fused-ring (bicyclic) bond motifs is 5. The van der Waals surface area contributed by atoms with E-state index in [1.165, 1.54) is 48.7 Å². The molecule has 1 aromatic heterocycles. The minimum Gasteiger partial charge on any atom is -0.491 e. The Morgan fingerprint density at radius 1 is 0.947 bits per heavy atom. The summed E-state index contributed by atoms with van der Waals surface area (Å²) in [6, 6.07) is 14.4. The Bertz CT molecular complexity index is 1360. The minimum atomic E-state index is -1.01. The predicted octanol–water partition coefficient (Wildman–Crippen LogP) is 5.12. The first kappa shape index (κ1) is 25.0. The Morgan fingerprint density at radius 3 is 2.50 bits per heavy atom. The van der Waals surface area contributed by atoms with Gasteiger partial charge in [-0.05, 0) is 62.4 Å². The molecule has 200 valence electrons. The highest BCUT2D eigenvalue weighted by atomic mass is 16.5. The number of para-hydroxylation sites is 1. The molecule has 6 rings (SSSR count). The average molecular weight is 516 g/mol. The number of nitrogens with one attached hydrogen (secondary N) is 1. The maximum Gasteiger partial charge on any atom is 0.252 e. The van der Waals surface area contributed by atoms with Gasteiger partial charge in [-0.3, -0.25) is 9.59 Å². The Morgan fingerprint density at radius 2 is 1.71 bits per heavy atom. The highest BCUT2D eigenvalue weighted by Gasteiger charge is 2.35. The lowest BCUT2D eigenvalue weighted by atomic mass is 9.81. The number of aromatic nitrogens is 1. The summed E-state index contributed by atoms with van der Waals surface area (Å²) in [7, 11) is 0. The molecular formula is C31H37N3O4. The molecule has 2 aliphatic heterocycles. The fourth-order valence-corrected chi connectivity index (χ4v) is 6.45. The van der Waals surface area contributed by atoms with Crippen molar-refractivity contribution in [2.24, 2.45) is 0 Å². The largest absolute Gasteiger partial charge is 0.491 e. The number of hydrogen-bond acceptors (Lipinski definition) is 4. The SMILES string of the molecule is CC(C)(NC(=O)c1ccc2c(C3CCCCC3)c3n(c2c1)CCOc1ccccc1-3)C(=O)N1CCOCC1. The zero-order chi connectivity index (χ0) is 26.3. The molecule has 0 atom stereocenters. The van der Waals surface area contributed by atoms with Gasteiger partial charge in [0, 0.05) is 35.1 Å². The van der Waals surface area contributed by atoms with Crippen LogP contribution in [0.2, 0.25) is 0 Å². The van der Waals surface area contributed by atoms with Crippen molar-refractivity contribution in [1.29, 1.82) is 0 Å². The standard InChI is InChI=1S/C31H37N3O4/c1-31(2,30(36)33-14-17-37-18-15-33)32-29(35)22-12-13-23-25(20-22)34-16-19-38-26-11-7-6-10-24(26)28(34)27(23)21-8-4-3-5-9-21/h6-7,10-13,20-21H,3-5,8-9,14-19H2,1-2H3,(H,32,35). The second-order valence-corrected chi connectivity index (χ2v) is 11.3. The molecule has 2 amide bonds. The molecule has 7 heteroatoms. The van der Waals surface area contributed by atoms with Gasteiger partial charge >= 0.3 is 0 Å². The van der Waals surface area contributed by atoms with Crippen LogP contribution in [0.5, 0.6) is 5.75 Å². The van der Waals surface area contributed by atoms with Gasteiger partial charge < -0.3 is 24.3 Å². The van der Waals surface area contributed by atoms with E-state index >= 15 is 0 Å². The van der Waals surface area contributed by atoms with E-state index in [9.17, 15) is 9.59 Å². The zero-order valence-electron chi connectivity index (χ0n) is 22.4. The molecule has 7 nitrogen and oxygen atoms in total. The molecule has 1 saturated carbocycles. The number of hydrogen-bond donors (Lipinski definition) is 1. The lowest BCUT2D eigenvalue weighted by Gasteiger charge is -2.34. The van der Waals surface area contributed by atoms with Crippen LogP contribution >= 0.6 is 0 Å². The van der Waals surface area contributed by atoms with Crippen LogP contribution in [-0.2, 0) is 16.1 Å². The molecule has 0 spiro atoms. The number of carbonyl (C=O) groups is 2. The summed E-state index contributed by atoms with van der Waals surface area (Å²) in [6.45, 7) is 7.01. The number of nitrogens with zero attached hydrogens (tertiary/aromatic N) is 2. The molecule has 38 heavy (non-hydrogen) atoms. The Kier molecular flexibility index (Phi) is 6.64. The van der Waals surface area contributed by atoms with Crippen molar-refractivity contribution in [1.82, 2.24) is 14.8 Å². The smallest absolute Gasteiger partial charge is 0.252 e. The summed E-state index contributed by atoms with van der Waals surface area (Å²) >= 11 is 0. The van der Waals surface area contributed by atoms with E-state index in [1.807, 2.05) is 18.2 Å². The van der Waals surface area contributed by atoms with Gasteiger partial charge in [-0.15, -0.1) is 0 Å². The van der Waals surface area contributed by atoms with E-state index in [-0.39, 0.29) is 11.8 Å². The summed E-state index contributed by atoms with van der Waals surface area (Å²) in [5.41, 5.74) is 4.37. The first-order valence-electron chi connectivity index (χ1n) is 14.0. The quantitative estimate of drug-likeness (QED) is 0.524. The number of ether oxygens (including phenoxy) is 2. The van der Waals surface area contributed by atoms with E-state index in [2.05, 4.69) is 34.1 Å². The fraction of sp³-hybridized carbons (Fsp3) is 0.484. The van der Waals surface area contributed by atoms with Crippen LogP contribution in [0.3, 0.4) is 0 Å². The number of rotatable bonds is 4. The summed E-state index contributed by atoms with van der Waals surface area (Å²) in [6.07, 6.45) is 6.18. The van der Waals surface area contributed by atoms with Crippen LogP contribution in [0.1, 0.15) is 67.8 Å². The summed E-state index contributed by atoms with van der Waals surface area (Å²) < 4.78 is 13.9. The Labute approximate surface area is 224 Å². The third-order valence-corrected chi connectivity index (χ3v) is 8.35. The molecule has 3 heterocycles. The molecule has 2 aromatic carbocycles. The van der Waals surface area contributed by atoms with Crippen molar-refractivity contribution in [2.45, 2.75) is 64.0 Å². The van der Waals surface area contributed by atoms with Crippen molar-refractivity contribution in [3.05, 3.63) is 53.6 Å². The predicted molar refractivity (Wildman–Crippen MR) is 148 cm³/mol. The minimum absolute atomic E-state index is 0.0832. The number of morpholine rings is 1. The van der Waals surface area contributed by atoms with Crippen molar-refractivity contribution in [3.8, 4) is 17.0 Å². The van der Waals surface area contributed by atoms with E-state index in [4.69, 9.17) is 9.47 Å². The molecule has 1 aliphatic carbocycles.